The van der Waals surface area contributed by atoms with Crippen LogP contribution in [-0.4, -0.2) is 24.4 Å². The van der Waals surface area contributed by atoms with Crippen LogP contribution in [0.3, 0.4) is 0 Å². The Labute approximate surface area is 172 Å². The van der Waals surface area contributed by atoms with Crippen molar-refractivity contribution in [3.05, 3.63) is 71.1 Å². The second-order valence-corrected chi connectivity index (χ2v) is 7.83. The largest absolute Gasteiger partial charge is 0.497 e. The van der Waals surface area contributed by atoms with Crippen molar-refractivity contribution in [1.29, 1.82) is 0 Å². The lowest BCUT2D eigenvalue weighted by Gasteiger charge is -2.15. The summed E-state index contributed by atoms with van der Waals surface area (Å²) in [5.74, 6) is 1.19. The van der Waals surface area contributed by atoms with E-state index in [1.807, 2.05) is 54.6 Å². The second-order valence-electron chi connectivity index (χ2n) is 6.16. The van der Waals surface area contributed by atoms with Crippen LogP contribution in [0.5, 0.6) is 11.5 Å². The lowest BCUT2D eigenvalue weighted by molar-refractivity contribution is -0.113. The van der Waals surface area contributed by atoms with Gasteiger partial charge < -0.3 is 9.47 Å². The first kappa shape index (κ1) is 18.5. The molecule has 1 aliphatic rings. The van der Waals surface area contributed by atoms with E-state index in [9.17, 15) is 4.79 Å². The molecule has 0 spiro atoms. The van der Waals surface area contributed by atoms with Crippen LogP contribution < -0.4 is 14.4 Å². The molecular formula is C22H17NO3S2. The zero-order valence-corrected chi connectivity index (χ0v) is 17.0. The molecule has 0 aliphatic carbocycles. The van der Waals surface area contributed by atoms with Crippen molar-refractivity contribution >= 4 is 56.7 Å². The van der Waals surface area contributed by atoms with Crippen LogP contribution in [0, 0.1) is 0 Å². The smallest absolute Gasteiger partial charge is 0.270 e. The van der Waals surface area contributed by atoms with Gasteiger partial charge in [0.05, 0.1) is 24.8 Å². The molecule has 0 aromatic heterocycles. The number of rotatable bonds is 4. The molecule has 0 unspecified atom stereocenters. The van der Waals surface area contributed by atoms with Gasteiger partial charge in [-0.1, -0.05) is 54.3 Å². The number of hydrogen-bond donors (Lipinski definition) is 0. The summed E-state index contributed by atoms with van der Waals surface area (Å²) in [4.78, 5) is 15.2. The van der Waals surface area contributed by atoms with Crippen LogP contribution in [0.4, 0.5) is 5.69 Å². The highest BCUT2D eigenvalue weighted by atomic mass is 32.2. The van der Waals surface area contributed by atoms with Crippen LogP contribution in [0.2, 0.25) is 0 Å². The van der Waals surface area contributed by atoms with E-state index in [0.717, 1.165) is 22.0 Å². The first-order valence-corrected chi connectivity index (χ1v) is 9.82. The summed E-state index contributed by atoms with van der Waals surface area (Å²) in [5, 5.41) is 2.19. The van der Waals surface area contributed by atoms with Crippen LogP contribution in [0.15, 0.2) is 65.6 Å². The van der Waals surface area contributed by atoms with Gasteiger partial charge in [0.15, 0.2) is 4.32 Å². The highest BCUT2D eigenvalue weighted by molar-refractivity contribution is 8.27. The van der Waals surface area contributed by atoms with E-state index in [1.165, 1.54) is 11.8 Å². The number of thiocarbonyl (C=S) groups is 1. The molecule has 4 nitrogen and oxygen atoms in total. The Morgan fingerprint density at radius 3 is 2.50 bits per heavy atom. The fraction of sp³-hybridized carbons (Fsp3) is 0.0909. The molecule has 4 rings (SSSR count). The molecule has 0 atom stereocenters. The monoisotopic (exact) mass is 407 g/mol. The molecule has 1 heterocycles. The molecule has 1 fully saturated rings. The third kappa shape index (κ3) is 3.37. The summed E-state index contributed by atoms with van der Waals surface area (Å²) < 4.78 is 11.2. The van der Waals surface area contributed by atoms with Crippen molar-refractivity contribution in [2.75, 3.05) is 19.1 Å². The van der Waals surface area contributed by atoms with Crippen molar-refractivity contribution in [3.63, 3.8) is 0 Å². The molecule has 3 aromatic carbocycles. The fourth-order valence-corrected chi connectivity index (χ4v) is 4.37. The Morgan fingerprint density at radius 2 is 1.75 bits per heavy atom. The molecule has 0 bridgehead atoms. The summed E-state index contributed by atoms with van der Waals surface area (Å²) in [6, 6.07) is 19.4. The van der Waals surface area contributed by atoms with Crippen molar-refractivity contribution in [2.45, 2.75) is 0 Å². The van der Waals surface area contributed by atoms with Gasteiger partial charge in [-0.05, 0) is 41.1 Å². The lowest BCUT2D eigenvalue weighted by atomic mass is 10.1. The zero-order valence-electron chi connectivity index (χ0n) is 15.3. The van der Waals surface area contributed by atoms with E-state index >= 15 is 0 Å². The predicted octanol–water partition coefficient (Wildman–Crippen LogP) is 5.26. The van der Waals surface area contributed by atoms with Gasteiger partial charge in [-0.15, -0.1) is 0 Å². The van der Waals surface area contributed by atoms with E-state index in [1.54, 1.807) is 31.3 Å². The maximum absolute atomic E-state index is 13.1. The standard InChI is InChI=1S/C22H17NO3S2/c1-25-18-10-8-16(19(13-18)26-2)12-20-21(24)23(22(27)28-20)17-9-7-14-5-3-4-6-15(14)11-17/h3-13H,1-2H3. The summed E-state index contributed by atoms with van der Waals surface area (Å²) >= 11 is 6.78. The minimum Gasteiger partial charge on any atom is -0.497 e. The van der Waals surface area contributed by atoms with Gasteiger partial charge >= 0.3 is 0 Å². The van der Waals surface area contributed by atoms with Gasteiger partial charge in [-0.3, -0.25) is 9.69 Å². The highest BCUT2D eigenvalue weighted by Gasteiger charge is 2.33. The van der Waals surface area contributed by atoms with Gasteiger partial charge in [0.1, 0.15) is 11.5 Å². The third-order valence-corrected chi connectivity index (χ3v) is 5.81. The first-order valence-electron chi connectivity index (χ1n) is 8.59. The average molecular weight is 408 g/mol. The van der Waals surface area contributed by atoms with Gasteiger partial charge in [-0.25, -0.2) is 0 Å². The van der Waals surface area contributed by atoms with Gasteiger partial charge in [0.2, 0.25) is 0 Å². The van der Waals surface area contributed by atoms with E-state index in [0.29, 0.717) is 20.7 Å². The number of hydrogen-bond acceptors (Lipinski definition) is 5. The van der Waals surface area contributed by atoms with Gasteiger partial charge in [0, 0.05) is 11.6 Å². The van der Waals surface area contributed by atoms with Crippen LogP contribution in [0.25, 0.3) is 16.8 Å². The number of nitrogens with zero attached hydrogens (tertiary/aromatic N) is 1. The quantitative estimate of drug-likeness (QED) is 0.436. The molecule has 3 aromatic rings. The van der Waals surface area contributed by atoms with Crippen molar-refractivity contribution in [1.82, 2.24) is 0 Å². The predicted molar refractivity (Wildman–Crippen MR) is 119 cm³/mol. The third-order valence-electron chi connectivity index (χ3n) is 4.51. The Bertz CT molecular complexity index is 1120. The first-order chi connectivity index (χ1) is 13.6. The van der Waals surface area contributed by atoms with Crippen LogP contribution in [-0.2, 0) is 4.79 Å². The summed E-state index contributed by atoms with van der Waals surface area (Å²) in [5.41, 5.74) is 1.56. The molecule has 1 amide bonds. The number of ether oxygens (including phenoxy) is 2. The molecule has 28 heavy (non-hydrogen) atoms. The molecule has 140 valence electrons. The summed E-state index contributed by atoms with van der Waals surface area (Å²) in [6.07, 6.45) is 1.80. The molecule has 1 saturated heterocycles. The minimum absolute atomic E-state index is 0.136. The van der Waals surface area contributed by atoms with E-state index in [-0.39, 0.29) is 5.91 Å². The van der Waals surface area contributed by atoms with Crippen molar-refractivity contribution in [3.8, 4) is 11.5 Å². The number of anilines is 1. The number of carbonyl (C=O) groups is 1. The average Bonchev–Trinajstić information content (AvgIpc) is 3.00. The lowest BCUT2D eigenvalue weighted by Crippen LogP contribution is -2.27. The highest BCUT2D eigenvalue weighted by Crippen LogP contribution is 2.38. The molecule has 6 heteroatoms. The van der Waals surface area contributed by atoms with E-state index in [4.69, 9.17) is 21.7 Å². The van der Waals surface area contributed by atoms with Crippen LogP contribution in [0.1, 0.15) is 5.56 Å². The molecule has 0 radical (unpaired) electrons. The molecule has 1 aliphatic heterocycles. The molecular weight excluding hydrogens is 390 g/mol. The van der Waals surface area contributed by atoms with Crippen molar-refractivity contribution in [2.24, 2.45) is 0 Å². The second kappa shape index (κ2) is 7.66. The number of amides is 1. The fourth-order valence-electron chi connectivity index (χ4n) is 3.09. The number of carbonyl (C=O) groups excluding carboxylic acids is 1. The summed E-state index contributed by atoms with van der Waals surface area (Å²) in [6.45, 7) is 0. The molecule has 0 saturated carbocycles. The Kier molecular flexibility index (Phi) is 5.07. The maximum atomic E-state index is 13.1. The normalized spacial score (nSPS) is 15.5. The zero-order chi connectivity index (χ0) is 19.7. The molecule has 0 N–H and O–H groups in total. The van der Waals surface area contributed by atoms with Crippen LogP contribution >= 0.6 is 24.0 Å². The number of benzene rings is 3. The number of methoxy groups -OCH3 is 2. The van der Waals surface area contributed by atoms with Crippen molar-refractivity contribution < 1.29 is 14.3 Å². The van der Waals surface area contributed by atoms with Gasteiger partial charge in [-0.2, -0.15) is 0 Å². The van der Waals surface area contributed by atoms with E-state index in [2.05, 4.69) is 0 Å². The SMILES string of the molecule is COc1ccc(C=C2SC(=S)N(c3ccc4ccccc4c3)C2=O)c(OC)c1. The Hall–Kier alpha value is -2.83. The Balaban J connectivity index is 1.69. The number of thioether (sulfide) groups is 1. The topological polar surface area (TPSA) is 38.8 Å². The summed E-state index contributed by atoms with van der Waals surface area (Å²) in [7, 11) is 3.19. The van der Waals surface area contributed by atoms with Gasteiger partial charge in [0.25, 0.3) is 5.91 Å². The van der Waals surface area contributed by atoms with E-state index < -0.39 is 0 Å². The Morgan fingerprint density at radius 1 is 0.964 bits per heavy atom. The number of fused-ring (bicyclic) bond motifs is 1. The maximum Gasteiger partial charge on any atom is 0.270 e. The minimum atomic E-state index is -0.136.